The van der Waals surface area contributed by atoms with Crippen molar-refractivity contribution in [3.05, 3.63) is 72.0 Å². The van der Waals surface area contributed by atoms with Gasteiger partial charge in [-0.1, -0.05) is 0 Å². The fraction of sp³-hybridized carbons (Fsp3) is 0.240. The number of halogens is 1. The Morgan fingerprint density at radius 2 is 1.54 bits per heavy atom. The van der Waals surface area contributed by atoms with Crippen LogP contribution in [0.25, 0.3) is 0 Å². The maximum atomic E-state index is 14.5. The summed E-state index contributed by atoms with van der Waals surface area (Å²) in [5, 5.41) is 2.68. The van der Waals surface area contributed by atoms with Crippen molar-refractivity contribution in [2.45, 2.75) is 17.7 Å². The van der Waals surface area contributed by atoms with Crippen LogP contribution in [-0.2, 0) is 10.0 Å². The fourth-order valence-electron chi connectivity index (χ4n) is 4.10. The first-order chi connectivity index (χ1) is 16.9. The van der Waals surface area contributed by atoms with Gasteiger partial charge in [-0.15, -0.1) is 0 Å². The quantitative estimate of drug-likeness (QED) is 0.529. The molecule has 3 aromatic rings. The molecule has 0 spiro atoms. The number of anilines is 3. The molecule has 2 aliphatic heterocycles. The minimum atomic E-state index is -3.88. The second-order valence-electron chi connectivity index (χ2n) is 8.30. The third-order valence-electron chi connectivity index (χ3n) is 5.88. The number of hydrogen-bond donors (Lipinski definition) is 2. The van der Waals surface area contributed by atoms with Crippen molar-refractivity contribution in [2.75, 3.05) is 41.2 Å². The highest BCUT2D eigenvalue weighted by atomic mass is 32.2. The molecular weight excluding hydrogens is 473 g/mol. The van der Waals surface area contributed by atoms with E-state index in [2.05, 4.69) is 10.0 Å². The van der Waals surface area contributed by atoms with Crippen LogP contribution in [-0.4, -0.2) is 40.6 Å². The van der Waals surface area contributed by atoms with E-state index in [9.17, 15) is 17.6 Å². The van der Waals surface area contributed by atoms with Crippen LogP contribution >= 0.6 is 0 Å². The van der Waals surface area contributed by atoms with Crippen LogP contribution < -0.4 is 24.4 Å². The van der Waals surface area contributed by atoms with Crippen LogP contribution in [0.2, 0.25) is 0 Å². The van der Waals surface area contributed by atoms with E-state index in [-0.39, 0.29) is 16.4 Å². The summed E-state index contributed by atoms with van der Waals surface area (Å²) in [6, 6.07) is 15.0. The number of nitrogens with zero attached hydrogens (tertiary/aromatic N) is 1. The summed E-state index contributed by atoms with van der Waals surface area (Å²) >= 11 is 0. The van der Waals surface area contributed by atoms with Crippen molar-refractivity contribution >= 4 is 33.0 Å². The number of ether oxygens (including phenoxy) is 2. The first kappa shape index (κ1) is 23.0. The molecule has 1 fully saturated rings. The molecule has 0 radical (unpaired) electrons. The third kappa shape index (κ3) is 5.02. The van der Waals surface area contributed by atoms with Gasteiger partial charge in [0.25, 0.3) is 15.9 Å². The number of sulfonamides is 1. The van der Waals surface area contributed by atoms with Gasteiger partial charge in [-0.05, 0) is 67.4 Å². The maximum Gasteiger partial charge on any atom is 0.262 e. The third-order valence-corrected chi connectivity index (χ3v) is 7.25. The summed E-state index contributed by atoms with van der Waals surface area (Å²) in [6.45, 7) is 2.42. The van der Waals surface area contributed by atoms with Gasteiger partial charge in [-0.25, -0.2) is 12.8 Å². The van der Waals surface area contributed by atoms with Crippen molar-refractivity contribution < 1.29 is 27.1 Å². The summed E-state index contributed by atoms with van der Waals surface area (Å²) in [5.41, 5.74) is 1.47. The van der Waals surface area contributed by atoms with E-state index in [0.717, 1.165) is 25.9 Å². The van der Waals surface area contributed by atoms with Crippen LogP contribution in [0.4, 0.5) is 21.5 Å². The number of fused-ring (bicyclic) bond motifs is 1. The molecule has 35 heavy (non-hydrogen) atoms. The Hall–Kier alpha value is -3.79. The molecule has 0 atom stereocenters. The largest absolute Gasteiger partial charge is 0.486 e. The molecular formula is C25H24FN3O5S. The Morgan fingerprint density at radius 1 is 0.857 bits per heavy atom. The zero-order valence-electron chi connectivity index (χ0n) is 18.8. The number of benzene rings is 3. The van der Waals surface area contributed by atoms with Crippen molar-refractivity contribution in [2.24, 2.45) is 0 Å². The van der Waals surface area contributed by atoms with Crippen LogP contribution in [0.15, 0.2) is 65.6 Å². The van der Waals surface area contributed by atoms with Gasteiger partial charge in [0, 0.05) is 36.1 Å². The molecule has 0 unspecified atom stereocenters. The normalized spacial score (nSPS) is 15.1. The van der Waals surface area contributed by atoms with Gasteiger partial charge in [0.2, 0.25) is 0 Å². The van der Waals surface area contributed by atoms with E-state index in [1.165, 1.54) is 42.5 Å². The van der Waals surface area contributed by atoms with Gasteiger partial charge in [0.15, 0.2) is 11.5 Å². The zero-order valence-corrected chi connectivity index (χ0v) is 19.6. The summed E-state index contributed by atoms with van der Waals surface area (Å²) in [5.74, 6) is 0.0559. The Morgan fingerprint density at radius 3 is 2.26 bits per heavy atom. The Bertz CT molecular complexity index is 1360. The van der Waals surface area contributed by atoms with Gasteiger partial charge in [-0.2, -0.15) is 0 Å². The topological polar surface area (TPSA) is 97.0 Å². The number of carbonyl (C=O) groups is 1. The Balaban J connectivity index is 1.24. The molecule has 0 saturated carbocycles. The molecule has 0 aromatic heterocycles. The number of nitrogens with one attached hydrogen (secondary N) is 2. The molecule has 5 rings (SSSR count). The highest BCUT2D eigenvalue weighted by molar-refractivity contribution is 7.92. The first-order valence-electron chi connectivity index (χ1n) is 11.3. The van der Waals surface area contributed by atoms with Gasteiger partial charge < -0.3 is 19.7 Å². The molecule has 0 bridgehead atoms. The van der Waals surface area contributed by atoms with Crippen LogP contribution in [0.5, 0.6) is 11.5 Å². The summed E-state index contributed by atoms with van der Waals surface area (Å²) in [6.07, 6.45) is 2.08. The minimum Gasteiger partial charge on any atom is -0.486 e. The van der Waals surface area contributed by atoms with Crippen LogP contribution in [0, 0.1) is 5.82 Å². The number of amides is 1. The second-order valence-corrected chi connectivity index (χ2v) is 9.99. The predicted molar refractivity (Wildman–Crippen MR) is 130 cm³/mol. The molecule has 10 heteroatoms. The first-order valence-corrected chi connectivity index (χ1v) is 12.8. The molecule has 8 nitrogen and oxygen atoms in total. The lowest BCUT2D eigenvalue weighted by atomic mass is 10.2. The molecule has 1 amide bonds. The van der Waals surface area contributed by atoms with Crippen molar-refractivity contribution in [3.8, 4) is 11.5 Å². The van der Waals surface area contributed by atoms with Crippen molar-refractivity contribution in [1.82, 2.24) is 0 Å². The molecule has 0 aliphatic carbocycles. The predicted octanol–water partition coefficient (Wildman–Crippen LogP) is 4.25. The van der Waals surface area contributed by atoms with E-state index in [4.69, 9.17) is 9.47 Å². The summed E-state index contributed by atoms with van der Waals surface area (Å²) in [4.78, 5) is 14.6. The molecule has 3 aromatic carbocycles. The zero-order chi connectivity index (χ0) is 24.4. The van der Waals surface area contributed by atoms with Crippen LogP contribution in [0.1, 0.15) is 23.2 Å². The van der Waals surface area contributed by atoms with E-state index in [0.29, 0.717) is 41.7 Å². The SMILES string of the molecule is O=C(Nc1ccc(N2CCCC2)c(F)c1)c1ccc(NS(=O)(=O)c2ccc3c(c2)OCCO3)cc1. The van der Waals surface area contributed by atoms with Crippen molar-refractivity contribution in [1.29, 1.82) is 0 Å². The highest BCUT2D eigenvalue weighted by Gasteiger charge is 2.20. The lowest BCUT2D eigenvalue weighted by Crippen LogP contribution is -2.19. The smallest absolute Gasteiger partial charge is 0.262 e. The minimum absolute atomic E-state index is 0.0305. The Labute approximate surface area is 202 Å². The molecule has 2 N–H and O–H groups in total. The summed E-state index contributed by atoms with van der Waals surface area (Å²) < 4.78 is 53.4. The van der Waals surface area contributed by atoms with E-state index < -0.39 is 15.9 Å². The van der Waals surface area contributed by atoms with Gasteiger partial charge in [0.1, 0.15) is 19.0 Å². The molecule has 1 saturated heterocycles. The maximum absolute atomic E-state index is 14.5. The van der Waals surface area contributed by atoms with Crippen LogP contribution in [0.3, 0.4) is 0 Å². The Kier molecular flexibility index (Phi) is 6.21. The highest BCUT2D eigenvalue weighted by Crippen LogP contribution is 2.33. The number of rotatable bonds is 6. The summed E-state index contributed by atoms with van der Waals surface area (Å²) in [7, 11) is -3.88. The van der Waals surface area contributed by atoms with E-state index in [1.807, 2.05) is 4.90 Å². The molecule has 182 valence electrons. The second kappa shape index (κ2) is 9.46. The number of carbonyl (C=O) groups excluding carboxylic acids is 1. The standard InChI is InChI=1S/C25H24FN3O5S/c26-21-15-19(7-9-22(21)29-11-1-2-12-29)27-25(30)17-3-5-18(6-4-17)28-35(31,32)20-8-10-23-24(16-20)34-14-13-33-23/h3-10,15-16,28H,1-2,11-14H2,(H,27,30). The van der Waals surface area contributed by atoms with Gasteiger partial charge in [-0.3, -0.25) is 9.52 Å². The molecule has 2 heterocycles. The fourth-order valence-corrected chi connectivity index (χ4v) is 5.17. The number of hydrogen-bond acceptors (Lipinski definition) is 6. The monoisotopic (exact) mass is 497 g/mol. The van der Waals surface area contributed by atoms with Gasteiger partial charge >= 0.3 is 0 Å². The molecule has 2 aliphatic rings. The lowest BCUT2D eigenvalue weighted by molar-refractivity contribution is 0.102. The average Bonchev–Trinajstić information content (AvgIpc) is 3.39. The van der Waals surface area contributed by atoms with Crippen molar-refractivity contribution in [3.63, 3.8) is 0 Å². The van der Waals surface area contributed by atoms with Gasteiger partial charge in [0.05, 0.1) is 10.6 Å². The van der Waals surface area contributed by atoms with E-state index in [1.54, 1.807) is 18.2 Å². The average molecular weight is 498 g/mol. The lowest BCUT2D eigenvalue weighted by Gasteiger charge is -2.19. The van der Waals surface area contributed by atoms with E-state index >= 15 is 0 Å².